The van der Waals surface area contributed by atoms with Gasteiger partial charge in [-0.25, -0.2) is 0 Å². The van der Waals surface area contributed by atoms with Gasteiger partial charge < -0.3 is 10.1 Å². The van der Waals surface area contributed by atoms with Gasteiger partial charge in [-0.15, -0.1) is 0 Å². The zero-order valence-electron chi connectivity index (χ0n) is 12.3. The van der Waals surface area contributed by atoms with E-state index in [1.807, 2.05) is 24.3 Å². The van der Waals surface area contributed by atoms with Crippen molar-refractivity contribution in [3.8, 4) is 0 Å². The van der Waals surface area contributed by atoms with Gasteiger partial charge in [-0.1, -0.05) is 24.3 Å². The summed E-state index contributed by atoms with van der Waals surface area (Å²) in [6.45, 7) is 4.88. The summed E-state index contributed by atoms with van der Waals surface area (Å²) in [7, 11) is 0. The molecule has 22 heavy (non-hydrogen) atoms. The van der Waals surface area contributed by atoms with Crippen molar-refractivity contribution < 1.29 is 9.66 Å². The van der Waals surface area contributed by atoms with Crippen LogP contribution >= 0.6 is 0 Å². The highest BCUT2D eigenvalue weighted by Crippen LogP contribution is 2.32. The topological polar surface area (TPSA) is 67.6 Å². The Labute approximate surface area is 128 Å². The minimum atomic E-state index is -0.330. The van der Waals surface area contributed by atoms with Crippen molar-refractivity contribution >= 4 is 22.1 Å². The van der Waals surface area contributed by atoms with Crippen LogP contribution in [0.15, 0.2) is 36.4 Å². The maximum absolute atomic E-state index is 11.3. The fourth-order valence-corrected chi connectivity index (χ4v) is 2.76. The summed E-state index contributed by atoms with van der Waals surface area (Å²) in [6, 6.07) is 11.1. The van der Waals surface area contributed by atoms with E-state index < -0.39 is 0 Å². The highest BCUT2D eigenvalue weighted by Gasteiger charge is 2.17. The molecule has 6 nitrogen and oxygen atoms in total. The van der Waals surface area contributed by atoms with Crippen LogP contribution < -0.4 is 5.32 Å². The van der Waals surface area contributed by atoms with Gasteiger partial charge in [-0.05, 0) is 11.5 Å². The van der Waals surface area contributed by atoms with Gasteiger partial charge in [0, 0.05) is 37.6 Å². The number of nitrogens with one attached hydrogen (secondary N) is 1. The van der Waals surface area contributed by atoms with Crippen LogP contribution in [0, 0.1) is 10.1 Å². The van der Waals surface area contributed by atoms with Gasteiger partial charge in [-0.3, -0.25) is 15.0 Å². The van der Waals surface area contributed by atoms with Crippen LogP contribution in [-0.4, -0.2) is 49.2 Å². The maximum Gasteiger partial charge on any atom is 0.292 e. The van der Waals surface area contributed by atoms with E-state index in [4.69, 9.17) is 4.74 Å². The standard InChI is InChI=1S/C16H19N3O3/c20-19(21)15-6-5-13-3-1-2-4-14(13)16(15)17-7-8-18-9-11-22-12-10-18/h1-6,17H,7-12H2. The average Bonchev–Trinajstić information content (AvgIpc) is 2.55. The second-order valence-electron chi connectivity index (χ2n) is 5.32. The molecule has 0 aromatic heterocycles. The van der Waals surface area contributed by atoms with Crippen LogP contribution in [0.25, 0.3) is 10.8 Å². The van der Waals surface area contributed by atoms with E-state index in [9.17, 15) is 10.1 Å². The molecule has 0 atom stereocenters. The first-order chi connectivity index (χ1) is 10.8. The Bertz CT molecular complexity index is 669. The number of nitrogens with zero attached hydrogens (tertiary/aromatic N) is 2. The Hall–Kier alpha value is -2.18. The van der Waals surface area contributed by atoms with Crippen LogP contribution in [0.1, 0.15) is 0 Å². The molecule has 0 spiro atoms. The number of benzene rings is 2. The second kappa shape index (κ2) is 6.72. The Morgan fingerprint density at radius 1 is 1.18 bits per heavy atom. The lowest BCUT2D eigenvalue weighted by molar-refractivity contribution is -0.383. The van der Waals surface area contributed by atoms with Crippen LogP contribution in [-0.2, 0) is 4.74 Å². The number of nitro benzene ring substituents is 1. The molecular formula is C16H19N3O3. The quantitative estimate of drug-likeness (QED) is 0.679. The summed E-state index contributed by atoms with van der Waals surface area (Å²) in [6.07, 6.45) is 0. The molecule has 0 amide bonds. The van der Waals surface area contributed by atoms with Gasteiger partial charge >= 0.3 is 0 Å². The fraction of sp³-hybridized carbons (Fsp3) is 0.375. The molecule has 2 aromatic rings. The normalized spacial score (nSPS) is 15.8. The van der Waals surface area contributed by atoms with E-state index in [1.54, 1.807) is 12.1 Å². The van der Waals surface area contributed by atoms with E-state index in [-0.39, 0.29) is 10.6 Å². The largest absolute Gasteiger partial charge is 0.379 e. The average molecular weight is 301 g/mol. The molecule has 1 heterocycles. The first kappa shape index (κ1) is 14.7. The van der Waals surface area contributed by atoms with Gasteiger partial charge in [0.1, 0.15) is 5.69 Å². The van der Waals surface area contributed by atoms with Crippen molar-refractivity contribution in [2.45, 2.75) is 0 Å². The Kier molecular flexibility index (Phi) is 4.50. The summed E-state index contributed by atoms with van der Waals surface area (Å²) < 4.78 is 5.32. The van der Waals surface area contributed by atoms with Crippen molar-refractivity contribution in [2.75, 3.05) is 44.7 Å². The van der Waals surface area contributed by atoms with E-state index in [0.717, 1.165) is 43.6 Å². The molecule has 1 fully saturated rings. The monoisotopic (exact) mass is 301 g/mol. The van der Waals surface area contributed by atoms with Crippen molar-refractivity contribution in [1.82, 2.24) is 4.90 Å². The first-order valence-corrected chi connectivity index (χ1v) is 7.46. The number of anilines is 1. The van der Waals surface area contributed by atoms with Crippen molar-refractivity contribution in [2.24, 2.45) is 0 Å². The highest BCUT2D eigenvalue weighted by atomic mass is 16.6. The van der Waals surface area contributed by atoms with Crippen molar-refractivity contribution in [3.63, 3.8) is 0 Å². The fourth-order valence-electron chi connectivity index (χ4n) is 2.76. The van der Waals surface area contributed by atoms with Gasteiger partial charge in [-0.2, -0.15) is 0 Å². The lowest BCUT2D eigenvalue weighted by Crippen LogP contribution is -2.39. The third-order valence-corrected chi connectivity index (χ3v) is 3.94. The summed E-state index contributed by atoms with van der Waals surface area (Å²) in [4.78, 5) is 13.2. The van der Waals surface area contributed by atoms with Crippen molar-refractivity contribution in [1.29, 1.82) is 0 Å². The number of fused-ring (bicyclic) bond motifs is 1. The predicted molar refractivity (Wildman–Crippen MR) is 86.4 cm³/mol. The van der Waals surface area contributed by atoms with Crippen LogP contribution in [0.2, 0.25) is 0 Å². The summed E-state index contributed by atoms with van der Waals surface area (Å²) in [5, 5.41) is 16.4. The van der Waals surface area contributed by atoms with Crippen molar-refractivity contribution in [3.05, 3.63) is 46.5 Å². The lowest BCUT2D eigenvalue weighted by Gasteiger charge is -2.26. The van der Waals surface area contributed by atoms with Gasteiger partial charge in [0.15, 0.2) is 0 Å². The molecule has 1 aliphatic heterocycles. The zero-order valence-corrected chi connectivity index (χ0v) is 12.3. The SMILES string of the molecule is O=[N+]([O-])c1ccc2ccccc2c1NCCN1CCOCC1. The molecule has 116 valence electrons. The van der Waals surface area contributed by atoms with Gasteiger partial charge in [0.25, 0.3) is 5.69 Å². The summed E-state index contributed by atoms with van der Waals surface area (Å²) in [5.74, 6) is 0. The molecule has 0 aliphatic carbocycles. The Morgan fingerprint density at radius 2 is 1.95 bits per heavy atom. The Morgan fingerprint density at radius 3 is 2.73 bits per heavy atom. The highest BCUT2D eigenvalue weighted by molar-refractivity contribution is 5.98. The molecular weight excluding hydrogens is 282 g/mol. The number of morpholine rings is 1. The molecule has 1 saturated heterocycles. The molecule has 0 unspecified atom stereocenters. The molecule has 0 saturated carbocycles. The molecule has 2 aromatic carbocycles. The molecule has 0 radical (unpaired) electrons. The smallest absolute Gasteiger partial charge is 0.292 e. The minimum absolute atomic E-state index is 0.126. The third-order valence-electron chi connectivity index (χ3n) is 3.94. The lowest BCUT2D eigenvalue weighted by atomic mass is 10.1. The molecule has 6 heteroatoms. The Balaban J connectivity index is 1.78. The van der Waals surface area contributed by atoms with E-state index in [2.05, 4.69) is 10.2 Å². The minimum Gasteiger partial charge on any atom is -0.379 e. The first-order valence-electron chi connectivity index (χ1n) is 7.46. The molecule has 0 bridgehead atoms. The number of hydrogen-bond donors (Lipinski definition) is 1. The van der Waals surface area contributed by atoms with Gasteiger partial charge in [0.2, 0.25) is 0 Å². The number of rotatable bonds is 5. The number of hydrogen-bond acceptors (Lipinski definition) is 5. The van der Waals surface area contributed by atoms with Crippen LogP contribution in [0.3, 0.4) is 0 Å². The summed E-state index contributed by atoms with van der Waals surface area (Å²) >= 11 is 0. The van der Waals surface area contributed by atoms with E-state index in [0.29, 0.717) is 12.2 Å². The summed E-state index contributed by atoms with van der Waals surface area (Å²) in [5.41, 5.74) is 0.733. The van der Waals surface area contributed by atoms with Crippen LogP contribution in [0.4, 0.5) is 11.4 Å². The molecule has 1 N–H and O–H groups in total. The molecule has 1 aliphatic rings. The second-order valence-corrected chi connectivity index (χ2v) is 5.32. The molecule has 3 rings (SSSR count). The predicted octanol–water partition coefficient (Wildman–Crippen LogP) is 2.49. The van der Waals surface area contributed by atoms with Crippen LogP contribution in [0.5, 0.6) is 0 Å². The number of nitro groups is 1. The van der Waals surface area contributed by atoms with E-state index in [1.165, 1.54) is 0 Å². The van der Waals surface area contributed by atoms with Gasteiger partial charge in [0.05, 0.1) is 18.1 Å². The third kappa shape index (κ3) is 3.18. The number of ether oxygens (including phenoxy) is 1. The maximum atomic E-state index is 11.3. The zero-order chi connectivity index (χ0) is 15.4. The van der Waals surface area contributed by atoms with E-state index >= 15 is 0 Å².